The predicted molar refractivity (Wildman–Crippen MR) is 124 cm³/mol. The standard InChI is InChI=1S/C24H28F3N3O5/c1-14-29-19-9-20(34-4)21(35-16(11-32-2)12-33-3)8-17(19)23(30-14)28-10-15-6-5-7-18(22(15)25)24(26,27)13-31/h5-9,16,31H,10-13H2,1-4H3,(H,28,29,30). The number of aliphatic hydroxyl groups excluding tert-OH is 1. The second-order valence-electron chi connectivity index (χ2n) is 7.78. The number of methoxy groups -OCH3 is 3. The van der Waals surface area contributed by atoms with Crippen LogP contribution in [0.5, 0.6) is 11.5 Å². The molecule has 0 aliphatic carbocycles. The molecule has 0 radical (unpaired) electrons. The van der Waals surface area contributed by atoms with Crippen molar-refractivity contribution in [3.05, 3.63) is 53.1 Å². The van der Waals surface area contributed by atoms with E-state index in [1.165, 1.54) is 19.2 Å². The largest absolute Gasteiger partial charge is 0.493 e. The monoisotopic (exact) mass is 495 g/mol. The molecule has 0 unspecified atom stereocenters. The number of halogens is 3. The van der Waals surface area contributed by atoms with Crippen LogP contribution >= 0.6 is 0 Å². The van der Waals surface area contributed by atoms with E-state index in [1.807, 2.05) is 0 Å². The molecule has 0 spiro atoms. The van der Waals surface area contributed by atoms with Crippen molar-refractivity contribution >= 4 is 16.7 Å². The SMILES string of the molecule is COCC(COC)Oc1cc2c(NCc3cccc(C(F)(F)CO)c3F)nc(C)nc2cc1OC. The lowest BCUT2D eigenvalue weighted by molar-refractivity contribution is -0.0583. The van der Waals surface area contributed by atoms with Crippen LogP contribution < -0.4 is 14.8 Å². The third-order valence-electron chi connectivity index (χ3n) is 5.21. The van der Waals surface area contributed by atoms with E-state index in [0.717, 1.165) is 6.07 Å². The van der Waals surface area contributed by atoms with Crippen LogP contribution in [-0.2, 0) is 21.9 Å². The second kappa shape index (κ2) is 11.5. The number of benzene rings is 2. The summed E-state index contributed by atoms with van der Waals surface area (Å²) in [7, 11) is 4.60. The molecule has 0 aliphatic rings. The quantitative estimate of drug-likeness (QED) is 0.392. The molecule has 8 nitrogen and oxygen atoms in total. The van der Waals surface area contributed by atoms with Crippen LogP contribution in [0.15, 0.2) is 30.3 Å². The lowest BCUT2D eigenvalue weighted by atomic mass is 10.0. The van der Waals surface area contributed by atoms with Gasteiger partial charge in [0.05, 0.1) is 31.4 Å². The summed E-state index contributed by atoms with van der Waals surface area (Å²) in [6.07, 6.45) is -0.413. The lowest BCUT2D eigenvalue weighted by Crippen LogP contribution is -2.27. The van der Waals surface area contributed by atoms with Gasteiger partial charge in [-0.2, -0.15) is 8.78 Å². The van der Waals surface area contributed by atoms with Crippen molar-refractivity contribution in [2.45, 2.75) is 25.5 Å². The minimum atomic E-state index is -3.69. The highest BCUT2D eigenvalue weighted by molar-refractivity contribution is 5.91. The van der Waals surface area contributed by atoms with Crippen LogP contribution in [-0.4, -0.2) is 62.3 Å². The molecule has 1 aromatic heterocycles. The van der Waals surface area contributed by atoms with Crippen molar-refractivity contribution in [3.8, 4) is 11.5 Å². The topological polar surface area (TPSA) is 95.0 Å². The molecule has 0 amide bonds. The van der Waals surface area contributed by atoms with Crippen molar-refractivity contribution < 1.29 is 37.2 Å². The molecule has 1 heterocycles. The molecule has 2 N–H and O–H groups in total. The molecule has 3 aromatic rings. The maximum atomic E-state index is 14.8. The van der Waals surface area contributed by atoms with Crippen molar-refractivity contribution in [1.29, 1.82) is 0 Å². The highest BCUT2D eigenvalue weighted by Gasteiger charge is 2.34. The van der Waals surface area contributed by atoms with Gasteiger partial charge < -0.3 is 29.4 Å². The molecular weight excluding hydrogens is 467 g/mol. The molecule has 0 saturated carbocycles. The molecular formula is C24H28F3N3O5. The van der Waals surface area contributed by atoms with E-state index in [0.29, 0.717) is 34.0 Å². The van der Waals surface area contributed by atoms with Crippen LogP contribution in [0.25, 0.3) is 10.9 Å². The number of aromatic nitrogens is 2. The van der Waals surface area contributed by atoms with Gasteiger partial charge in [0.15, 0.2) is 11.5 Å². The van der Waals surface area contributed by atoms with Gasteiger partial charge in [-0.15, -0.1) is 0 Å². The van der Waals surface area contributed by atoms with Crippen molar-refractivity contribution in [2.75, 3.05) is 46.5 Å². The first-order valence-electron chi connectivity index (χ1n) is 10.7. The van der Waals surface area contributed by atoms with Gasteiger partial charge in [-0.25, -0.2) is 14.4 Å². The molecule has 2 aromatic carbocycles. The van der Waals surface area contributed by atoms with Gasteiger partial charge >= 0.3 is 0 Å². The number of nitrogens with zero attached hydrogens (tertiary/aromatic N) is 2. The first-order valence-corrected chi connectivity index (χ1v) is 10.7. The van der Waals surface area contributed by atoms with E-state index >= 15 is 0 Å². The number of aliphatic hydroxyl groups is 1. The number of hydrogen-bond donors (Lipinski definition) is 2. The summed E-state index contributed by atoms with van der Waals surface area (Å²) < 4.78 is 64.4. The molecule has 0 bridgehead atoms. The number of rotatable bonds is 12. The van der Waals surface area contributed by atoms with Crippen molar-refractivity contribution in [3.63, 3.8) is 0 Å². The van der Waals surface area contributed by atoms with Gasteiger partial charge in [-0.3, -0.25) is 0 Å². The smallest absolute Gasteiger partial charge is 0.298 e. The highest BCUT2D eigenvalue weighted by Crippen LogP contribution is 2.36. The van der Waals surface area contributed by atoms with Gasteiger partial charge in [-0.1, -0.05) is 12.1 Å². The normalized spacial score (nSPS) is 11.8. The van der Waals surface area contributed by atoms with E-state index in [2.05, 4.69) is 15.3 Å². The zero-order valence-corrected chi connectivity index (χ0v) is 19.9. The molecule has 11 heteroatoms. The Morgan fingerprint density at radius 2 is 1.77 bits per heavy atom. The zero-order valence-electron chi connectivity index (χ0n) is 19.9. The number of ether oxygens (including phenoxy) is 4. The van der Waals surface area contributed by atoms with E-state index in [4.69, 9.17) is 24.1 Å². The molecule has 0 fully saturated rings. The number of anilines is 1. The van der Waals surface area contributed by atoms with E-state index in [-0.39, 0.29) is 25.3 Å². The summed E-state index contributed by atoms with van der Waals surface area (Å²) in [5.41, 5.74) is -0.337. The average molecular weight is 495 g/mol. The molecule has 3 rings (SSSR count). The summed E-state index contributed by atoms with van der Waals surface area (Å²) in [6.45, 7) is 0.619. The fourth-order valence-electron chi connectivity index (χ4n) is 3.57. The summed E-state index contributed by atoms with van der Waals surface area (Å²) in [5.74, 6) is -3.17. The Morgan fingerprint density at radius 1 is 1.06 bits per heavy atom. The van der Waals surface area contributed by atoms with Crippen LogP contribution in [0.4, 0.5) is 19.0 Å². The fraction of sp³-hybridized carbons (Fsp3) is 0.417. The number of aryl methyl sites for hydroxylation is 1. The summed E-state index contributed by atoms with van der Waals surface area (Å²) in [5, 5.41) is 12.5. The zero-order chi connectivity index (χ0) is 25.6. The summed E-state index contributed by atoms with van der Waals surface area (Å²) in [6, 6.07) is 7.01. The number of alkyl halides is 2. The summed E-state index contributed by atoms with van der Waals surface area (Å²) in [4.78, 5) is 8.83. The van der Waals surface area contributed by atoms with Gasteiger partial charge in [0, 0.05) is 37.8 Å². The predicted octanol–water partition coefficient (Wildman–Crippen LogP) is 3.82. The maximum Gasteiger partial charge on any atom is 0.298 e. The first-order chi connectivity index (χ1) is 16.7. The minimum Gasteiger partial charge on any atom is -0.493 e. The first kappa shape index (κ1) is 26.5. The Kier molecular flexibility index (Phi) is 8.71. The molecule has 35 heavy (non-hydrogen) atoms. The minimum absolute atomic E-state index is 0.00900. The maximum absolute atomic E-state index is 14.8. The van der Waals surface area contributed by atoms with Gasteiger partial charge in [0.25, 0.3) is 5.92 Å². The van der Waals surface area contributed by atoms with Gasteiger partial charge in [0.1, 0.15) is 30.2 Å². The highest BCUT2D eigenvalue weighted by atomic mass is 19.3. The number of nitrogens with one attached hydrogen (secondary N) is 1. The van der Waals surface area contributed by atoms with E-state index < -0.39 is 30.0 Å². The number of fused-ring (bicyclic) bond motifs is 1. The van der Waals surface area contributed by atoms with Crippen LogP contribution in [0, 0.1) is 12.7 Å². The Bertz CT molecular complexity index is 1160. The average Bonchev–Trinajstić information content (AvgIpc) is 2.83. The lowest BCUT2D eigenvalue weighted by Gasteiger charge is -2.20. The van der Waals surface area contributed by atoms with Crippen molar-refractivity contribution in [2.24, 2.45) is 0 Å². The van der Waals surface area contributed by atoms with Gasteiger partial charge in [0.2, 0.25) is 0 Å². The Hall–Kier alpha value is -3.15. The Labute approximate surface area is 201 Å². The third kappa shape index (κ3) is 6.11. The Balaban J connectivity index is 1.98. The van der Waals surface area contributed by atoms with Crippen LogP contribution in [0.1, 0.15) is 17.0 Å². The van der Waals surface area contributed by atoms with Gasteiger partial charge in [-0.05, 0) is 19.1 Å². The van der Waals surface area contributed by atoms with Crippen LogP contribution in [0.3, 0.4) is 0 Å². The fourth-order valence-corrected chi connectivity index (χ4v) is 3.57. The molecule has 0 saturated heterocycles. The molecule has 190 valence electrons. The summed E-state index contributed by atoms with van der Waals surface area (Å²) >= 11 is 0. The Morgan fingerprint density at radius 3 is 2.40 bits per heavy atom. The van der Waals surface area contributed by atoms with Crippen LogP contribution in [0.2, 0.25) is 0 Å². The molecule has 0 aliphatic heterocycles. The number of hydrogen-bond acceptors (Lipinski definition) is 8. The molecule has 0 atom stereocenters. The van der Waals surface area contributed by atoms with E-state index in [1.54, 1.807) is 33.3 Å². The van der Waals surface area contributed by atoms with E-state index in [9.17, 15) is 13.2 Å². The van der Waals surface area contributed by atoms with Crippen molar-refractivity contribution in [1.82, 2.24) is 9.97 Å². The second-order valence-corrected chi connectivity index (χ2v) is 7.78. The third-order valence-corrected chi connectivity index (χ3v) is 5.21.